The average molecular weight is 259 g/mol. The second-order valence-corrected chi connectivity index (χ2v) is 4.59. The first-order chi connectivity index (χ1) is 9.34. The lowest BCUT2D eigenvalue weighted by Crippen LogP contribution is -2.16. The lowest BCUT2D eigenvalue weighted by atomic mass is 10.2. The molecule has 0 fully saturated rings. The minimum Gasteiger partial charge on any atom is -0.377 e. The monoisotopic (exact) mass is 259 g/mol. The predicted octanol–water partition coefficient (Wildman–Crippen LogP) is 2.12. The van der Waals surface area contributed by atoms with Crippen molar-refractivity contribution in [2.24, 2.45) is 7.05 Å². The molecule has 0 atom stereocenters. The number of rotatable bonds is 8. The molecule has 0 bridgehead atoms. The smallest absolute Gasteiger partial charge is 0.0747 e. The number of hydrogen-bond acceptors (Lipinski definition) is 3. The lowest BCUT2D eigenvalue weighted by Gasteiger charge is -2.05. The highest BCUT2D eigenvalue weighted by atomic mass is 16.5. The second kappa shape index (κ2) is 7.71. The van der Waals surface area contributed by atoms with E-state index in [-0.39, 0.29) is 0 Å². The molecule has 0 aliphatic rings. The van der Waals surface area contributed by atoms with Gasteiger partial charge in [0.25, 0.3) is 0 Å². The maximum Gasteiger partial charge on any atom is 0.0747 e. The van der Waals surface area contributed by atoms with Crippen LogP contribution in [0, 0.1) is 0 Å². The Hall–Kier alpha value is -1.65. The first kappa shape index (κ1) is 13.8. The molecule has 0 spiro atoms. The van der Waals surface area contributed by atoms with Crippen LogP contribution in [0.2, 0.25) is 0 Å². The summed E-state index contributed by atoms with van der Waals surface area (Å²) in [5.74, 6) is 0. The molecule has 2 aromatic rings. The van der Waals surface area contributed by atoms with E-state index in [0.717, 1.165) is 31.7 Å². The number of aromatic nitrogens is 2. The van der Waals surface area contributed by atoms with Crippen LogP contribution in [0.1, 0.15) is 17.5 Å². The minimum atomic E-state index is 0.645. The van der Waals surface area contributed by atoms with Crippen LogP contribution in [0.5, 0.6) is 0 Å². The molecule has 0 saturated heterocycles. The summed E-state index contributed by atoms with van der Waals surface area (Å²) in [5, 5.41) is 7.51. The van der Waals surface area contributed by atoms with E-state index in [1.807, 2.05) is 25.5 Å². The van der Waals surface area contributed by atoms with Crippen LogP contribution in [0.4, 0.5) is 0 Å². The summed E-state index contributed by atoms with van der Waals surface area (Å²) in [5.41, 5.74) is 2.44. The first-order valence-electron chi connectivity index (χ1n) is 6.64. The van der Waals surface area contributed by atoms with Gasteiger partial charge in [0, 0.05) is 32.0 Å². The molecule has 102 valence electrons. The molecular formula is C15H21N3O. The number of benzene rings is 1. The lowest BCUT2D eigenvalue weighted by molar-refractivity contribution is 0.118. The van der Waals surface area contributed by atoms with Crippen LogP contribution in [0.3, 0.4) is 0 Å². The average Bonchev–Trinajstić information content (AvgIpc) is 2.85. The van der Waals surface area contributed by atoms with Crippen molar-refractivity contribution < 1.29 is 4.74 Å². The third kappa shape index (κ3) is 5.24. The van der Waals surface area contributed by atoms with Gasteiger partial charge in [-0.15, -0.1) is 0 Å². The highest BCUT2D eigenvalue weighted by Gasteiger charge is 1.96. The van der Waals surface area contributed by atoms with Gasteiger partial charge in [-0.1, -0.05) is 30.3 Å². The Morgan fingerprint density at radius 2 is 2.05 bits per heavy atom. The Labute approximate surface area is 114 Å². The zero-order valence-electron chi connectivity index (χ0n) is 11.4. The summed E-state index contributed by atoms with van der Waals surface area (Å²) in [6, 6.07) is 10.4. The summed E-state index contributed by atoms with van der Waals surface area (Å²) in [7, 11) is 1.91. The molecule has 1 aromatic heterocycles. The van der Waals surface area contributed by atoms with E-state index >= 15 is 0 Å². The van der Waals surface area contributed by atoms with Crippen LogP contribution in [0.15, 0.2) is 42.7 Å². The summed E-state index contributed by atoms with van der Waals surface area (Å²) in [4.78, 5) is 0. The van der Waals surface area contributed by atoms with Gasteiger partial charge in [-0.25, -0.2) is 0 Å². The summed E-state index contributed by atoms with van der Waals surface area (Å²) in [6.07, 6.45) is 4.84. The first-order valence-corrected chi connectivity index (χ1v) is 6.64. The van der Waals surface area contributed by atoms with Crippen molar-refractivity contribution in [3.63, 3.8) is 0 Å². The van der Waals surface area contributed by atoms with Crippen molar-refractivity contribution in [2.75, 3.05) is 13.2 Å². The molecule has 0 unspecified atom stereocenters. The minimum absolute atomic E-state index is 0.645. The van der Waals surface area contributed by atoms with E-state index < -0.39 is 0 Å². The maximum absolute atomic E-state index is 5.59. The molecule has 1 heterocycles. The van der Waals surface area contributed by atoms with Crippen LogP contribution >= 0.6 is 0 Å². The Bertz CT molecular complexity index is 467. The van der Waals surface area contributed by atoms with E-state index in [4.69, 9.17) is 4.74 Å². The van der Waals surface area contributed by atoms with E-state index in [2.05, 4.69) is 34.7 Å². The SMILES string of the molecule is Cn1cc(COCCCNCc2ccccc2)cn1. The van der Waals surface area contributed by atoms with Crippen molar-refractivity contribution in [2.45, 2.75) is 19.6 Å². The number of hydrogen-bond donors (Lipinski definition) is 1. The zero-order valence-corrected chi connectivity index (χ0v) is 11.4. The summed E-state index contributed by atoms with van der Waals surface area (Å²) in [6.45, 7) is 3.31. The van der Waals surface area contributed by atoms with E-state index in [9.17, 15) is 0 Å². The van der Waals surface area contributed by atoms with Crippen molar-refractivity contribution >= 4 is 0 Å². The molecule has 4 nitrogen and oxygen atoms in total. The predicted molar refractivity (Wildman–Crippen MR) is 75.6 cm³/mol. The summed E-state index contributed by atoms with van der Waals surface area (Å²) < 4.78 is 7.38. The van der Waals surface area contributed by atoms with Gasteiger partial charge in [0.05, 0.1) is 12.8 Å². The van der Waals surface area contributed by atoms with Gasteiger partial charge >= 0.3 is 0 Å². The molecule has 1 aromatic carbocycles. The Morgan fingerprint density at radius 3 is 2.79 bits per heavy atom. The number of nitrogens with zero attached hydrogens (tertiary/aromatic N) is 2. The normalized spacial score (nSPS) is 10.8. The van der Waals surface area contributed by atoms with Crippen LogP contribution in [-0.2, 0) is 24.9 Å². The van der Waals surface area contributed by atoms with Gasteiger partial charge in [-0.05, 0) is 18.5 Å². The van der Waals surface area contributed by atoms with E-state index in [1.54, 1.807) is 4.68 Å². The van der Waals surface area contributed by atoms with Gasteiger partial charge in [-0.3, -0.25) is 4.68 Å². The van der Waals surface area contributed by atoms with Gasteiger partial charge in [0.15, 0.2) is 0 Å². The molecule has 0 saturated carbocycles. The van der Waals surface area contributed by atoms with E-state index in [1.165, 1.54) is 5.56 Å². The van der Waals surface area contributed by atoms with Gasteiger partial charge in [-0.2, -0.15) is 5.10 Å². The Morgan fingerprint density at radius 1 is 1.21 bits per heavy atom. The fraction of sp³-hybridized carbons (Fsp3) is 0.400. The molecule has 1 N–H and O–H groups in total. The quantitative estimate of drug-likeness (QED) is 0.738. The fourth-order valence-corrected chi connectivity index (χ4v) is 1.86. The van der Waals surface area contributed by atoms with Crippen LogP contribution in [-0.4, -0.2) is 22.9 Å². The third-order valence-corrected chi connectivity index (χ3v) is 2.84. The van der Waals surface area contributed by atoms with Crippen molar-refractivity contribution in [1.29, 1.82) is 0 Å². The molecule has 0 aliphatic heterocycles. The summed E-state index contributed by atoms with van der Waals surface area (Å²) >= 11 is 0. The Kier molecular flexibility index (Phi) is 5.59. The zero-order chi connectivity index (χ0) is 13.3. The molecule has 19 heavy (non-hydrogen) atoms. The van der Waals surface area contributed by atoms with Gasteiger partial charge in [0.2, 0.25) is 0 Å². The topological polar surface area (TPSA) is 39.1 Å². The fourth-order valence-electron chi connectivity index (χ4n) is 1.86. The number of nitrogens with one attached hydrogen (secondary N) is 1. The number of ether oxygens (including phenoxy) is 1. The molecule has 4 heteroatoms. The third-order valence-electron chi connectivity index (χ3n) is 2.84. The number of aryl methyl sites for hydroxylation is 1. The molecule has 0 amide bonds. The van der Waals surface area contributed by atoms with Gasteiger partial charge < -0.3 is 10.1 Å². The molecule has 0 radical (unpaired) electrons. The van der Waals surface area contributed by atoms with E-state index in [0.29, 0.717) is 6.61 Å². The molecule has 2 rings (SSSR count). The standard InChI is InChI=1S/C15H21N3O/c1-18-12-15(11-17-18)13-19-9-5-8-16-10-14-6-3-2-4-7-14/h2-4,6-7,11-12,16H,5,8-10,13H2,1H3. The highest BCUT2D eigenvalue weighted by Crippen LogP contribution is 1.99. The molecule has 0 aliphatic carbocycles. The maximum atomic E-state index is 5.59. The van der Waals surface area contributed by atoms with Crippen LogP contribution < -0.4 is 5.32 Å². The van der Waals surface area contributed by atoms with Crippen molar-refractivity contribution in [3.05, 3.63) is 53.9 Å². The van der Waals surface area contributed by atoms with Crippen molar-refractivity contribution in [1.82, 2.24) is 15.1 Å². The van der Waals surface area contributed by atoms with Gasteiger partial charge in [0.1, 0.15) is 0 Å². The molecular weight excluding hydrogens is 238 g/mol. The second-order valence-electron chi connectivity index (χ2n) is 4.59. The van der Waals surface area contributed by atoms with Crippen molar-refractivity contribution in [3.8, 4) is 0 Å². The van der Waals surface area contributed by atoms with Crippen LogP contribution in [0.25, 0.3) is 0 Å². The largest absolute Gasteiger partial charge is 0.377 e. The highest BCUT2D eigenvalue weighted by molar-refractivity contribution is 5.14. The Balaban J connectivity index is 1.48.